The van der Waals surface area contributed by atoms with E-state index in [-0.39, 0.29) is 6.54 Å². The van der Waals surface area contributed by atoms with Gasteiger partial charge < -0.3 is 14.3 Å². The molecule has 0 spiro atoms. The second-order valence-electron chi connectivity index (χ2n) is 9.97. The number of aromatic amines is 1. The topological polar surface area (TPSA) is 146 Å². The zero-order chi connectivity index (χ0) is 28.8. The molecule has 4 atom stereocenters. The highest BCUT2D eigenvalue weighted by molar-refractivity contribution is 9.10. The number of hydrogen-bond donors (Lipinski definition) is 3. The van der Waals surface area contributed by atoms with E-state index in [1.165, 1.54) is 6.92 Å². The van der Waals surface area contributed by atoms with Gasteiger partial charge in [0.25, 0.3) is 0 Å². The highest BCUT2D eigenvalue weighted by Crippen LogP contribution is 2.44. The molecule has 1 fully saturated rings. The molecule has 1 aliphatic rings. The normalized spacial score (nSPS) is 23.9. The molecule has 0 amide bonds. The first-order chi connectivity index (χ1) is 19.0. The number of alkyl halides is 1. The molecule has 0 radical (unpaired) electrons. The maximum absolute atomic E-state index is 12.5. The van der Waals surface area contributed by atoms with Gasteiger partial charge in [0.2, 0.25) is 0 Å². The number of carboxylic acid groups (broad SMARTS) is 1. The van der Waals surface area contributed by atoms with Crippen LogP contribution in [0.2, 0.25) is 0 Å². The summed E-state index contributed by atoms with van der Waals surface area (Å²) in [6.45, 7) is 6.82. The molecule has 1 saturated heterocycles. The predicted octanol–water partition coefficient (Wildman–Crippen LogP) is 4.91. The maximum atomic E-state index is 12.5. The van der Waals surface area contributed by atoms with Crippen LogP contribution in [0.15, 0.2) is 51.4 Å². The summed E-state index contributed by atoms with van der Waals surface area (Å²) in [5, 5.41) is 28.5. The Morgan fingerprint density at radius 2 is 2.00 bits per heavy atom. The van der Waals surface area contributed by atoms with E-state index in [4.69, 9.17) is 20.8 Å². The van der Waals surface area contributed by atoms with Crippen LogP contribution in [0, 0.1) is 0 Å². The predicted molar refractivity (Wildman–Crippen MR) is 151 cm³/mol. The number of tetrazole rings is 1. The van der Waals surface area contributed by atoms with E-state index < -0.39 is 34.7 Å². The van der Waals surface area contributed by atoms with E-state index in [0.717, 1.165) is 26.5 Å². The van der Waals surface area contributed by atoms with Gasteiger partial charge in [0.1, 0.15) is 34.2 Å². The second kappa shape index (κ2) is 10.6. The summed E-state index contributed by atoms with van der Waals surface area (Å²) in [6, 6.07) is 12.2. The maximum Gasteiger partial charge on any atom is 0.324 e. The molecule has 2 aromatic heterocycles. The summed E-state index contributed by atoms with van der Waals surface area (Å²) in [4.78, 5) is 24.8. The summed E-state index contributed by atoms with van der Waals surface area (Å²) in [5.74, 6) is -0.437. The van der Waals surface area contributed by atoms with E-state index in [9.17, 15) is 14.7 Å². The van der Waals surface area contributed by atoms with Crippen LogP contribution in [0.25, 0.3) is 33.7 Å². The largest absolute Gasteiger partial charge is 0.480 e. The Labute approximate surface area is 243 Å². The number of carbonyl (C=O) groups is 2. The average Bonchev–Trinajstić information content (AvgIpc) is 3.60. The molecule has 13 heteroatoms. The van der Waals surface area contributed by atoms with Crippen LogP contribution in [0.1, 0.15) is 39.7 Å². The molecule has 1 aliphatic heterocycles. The third-order valence-corrected chi connectivity index (χ3v) is 8.49. The summed E-state index contributed by atoms with van der Waals surface area (Å²) < 4.78 is 12.6. The number of nitrogens with one attached hydrogen (secondary N) is 2. The molecular weight excluding hydrogens is 604 g/mol. The Hall–Kier alpha value is -3.32. The third-order valence-electron chi connectivity index (χ3n) is 7.40. The van der Waals surface area contributed by atoms with Crippen molar-refractivity contribution in [3.05, 3.63) is 52.5 Å². The van der Waals surface area contributed by atoms with E-state index in [2.05, 4.69) is 41.9 Å². The monoisotopic (exact) mass is 630 g/mol. The van der Waals surface area contributed by atoms with E-state index in [1.807, 2.05) is 49.4 Å². The van der Waals surface area contributed by atoms with Crippen LogP contribution in [0.4, 0.5) is 0 Å². The zero-order valence-electron chi connectivity index (χ0n) is 22.2. The number of hydrogen-bond acceptors (Lipinski definition) is 9. The van der Waals surface area contributed by atoms with Gasteiger partial charge in [0, 0.05) is 30.0 Å². The summed E-state index contributed by atoms with van der Waals surface area (Å²) >= 11 is 10.5. The fourth-order valence-corrected chi connectivity index (χ4v) is 6.67. The van der Waals surface area contributed by atoms with Crippen LogP contribution in [-0.4, -0.2) is 65.4 Å². The fourth-order valence-electron chi connectivity index (χ4n) is 5.69. The number of furan rings is 1. The first-order valence-electron chi connectivity index (χ1n) is 12.7. The number of aliphatic carboxylic acids is 1. The number of ether oxygens (including phenoxy) is 1. The molecule has 210 valence electrons. The quantitative estimate of drug-likeness (QED) is 0.139. The van der Waals surface area contributed by atoms with Crippen molar-refractivity contribution >= 4 is 50.4 Å². The van der Waals surface area contributed by atoms with Crippen molar-refractivity contribution in [2.75, 3.05) is 0 Å². The van der Waals surface area contributed by atoms with Gasteiger partial charge in [0.05, 0.1) is 4.47 Å². The molecule has 11 nitrogen and oxygen atoms in total. The summed E-state index contributed by atoms with van der Waals surface area (Å²) in [7, 11) is 0. The number of aromatic nitrogens is 4. The van der Waals surface area contributed by atoms with Crippen LogP contribution in [0.5, 0.6) is 0 Å². The zero-order valence-corrected chi connectivity index (χ0v) is 24.6. The van der Waals surface area contributed by atoms with Gasteiger partial charge in [-0.25, -0.2) is 5.10 Å². The van der Waals surface area contributed by atoms with Gasteiger partial charge in [-0.05, 0) is 64.3 Å². The van der Waals surface area contributed by atoms with Gasteiger partial charge in [0.15, 0.2) is 5.82 Å². The molecule has 5 rings (SSSR count). The number of fused-ring (bicyclic) bond motifs is 1. The fraction of sp³-hybridized carbons (Fsp3) is 0.370. The van der Waals surface area contributed by atoms with Crippen molar-refractivity contribution in [2.45, 2.75) is 63.5 Å². The Kier molecular flexibility index (Phi) is 7.47. The van der Waals surface area contributed by atoms with Crippen molar-refractivity contribution in [1.29, 1.82) is 0 Å². The molecule has 3 heterocycles. The molecule has 4 unspecified atom stereocenters. The molecule has 3 N–H and O–H groups in total. The third kappa shape index (κ3) is 4.78. The molecule has 0 saturated carbocycles. The van der Waals surface area contributed by atoms with Crippen LogP contribution in [-0.2, 0) is 20.9 Å². The number of rotatable bonds is 8. The van der Waals surface area contributed by atoms with Gasteiger partial charge >= 0.3 is 11.9 Å². The summed E-state index contributed by atoms with van der Waals surface area (Å²) in [5.41, 5.74) is 2.00. The number of halogens is 2. The number of carboxylic acids is 1. The highest BCUT2D eigenvalue weighted by Gasteiger charge is 2.61. The lowest BCUT2D eigenvalue weighted by atomic mass is 9.98. The Morgan fingerprint density at radius 1 is 1.27 bits per heavy atom. The van der Waals surface area contributed by atoms with Crippen molar-refractivity contribution in [3.8, 4) is 22.7 Å². The van der Waals surface area contributed by atoms with E-state index >= 15 is 0 Å². The first-order valence-corrected chi connectivity index (χ1v) is 13.8. The lowest BCUT2D eigenvalue weighted by Gasteiger charge is -2.42. The van der Waals surface area contributed by atoms with Crippen molar-refractivity contribution < 1.29 is 23.8 Å². The van der Waals surface area contributed by atoms with Gasteiger partial charge in [-0.15, -0.1) is 16.7 Å². The van der Waals surface area contributed by atoms with Gasteiger partial charge in [-0.2, -0.15) is 0 Å². The van der Waals surface area contributed by atoms with Crippen molar-refractivity contribution in [2.24, 2.45) is 0 Å². The lowest BCUT2D eigenvalue weighted by molar-refractivity contribution is -0.158. The molecule has 0 bridgehead atoms. The second-order valence-corrected chi connectivity index (χ2v) is 11.5. The molecule has 2 aromatic carbocycles. The minimum atomic E-state index is -1.32. The number of H-pyrrole nitrogens is 1. The standard InChI is InChI=1S/C27H28BrClN6O5/c1-5-27(14(2)39-15(3)36)32-26(4,29)23(25(37)38)35(27)13-16-10-11-20-19(12-16)21(28)22(40-20)17-8-6-7-9-18(17)24-30-33-34-31-24/h6-12,14,23,32H,5,13H2,1-4H3,(H,37,38)(H,30,31,33,34). The Bertz CT molecular complexity index is 1570. The van der Waals surface area contributed by atoms with E-state index in [0.29, 0.717) is 23.6 Å². The SMILES string of the molecule is CCC1(C(C)OC(C)=O)NC(C)(Cl)C(C(=O)O)N1Cc1ccc2oc(-c3ccccc3-c3nnn[nH]3)c(Br)c2c1. The smallest absolute Gasteiger partial charge is 0.324 e. The molecule has 4 aromatic rings. The molecular formula is C27H28BrClN6O5. The number of esters is 1. The average molecular weight is 632 g/mol. The Morgan fingerprint density at radius 3 is 2.62 bits per heavy atom. The number of nitrogens with zero attached hydrogens (tertiary/aromatic N) is 4. The molecule has 0 aliphatic carbocycles. The minimum absolute atomic E-state index is 0.217. The number of carbonyl (C=O) groups excluding carboxylic acids is 1. The van der Waals surface area contributed by atoms with Crippen LogP contribution >= 0.6 is 27.5 Å². The van der Waals surface area contributed by atoms with Gasteiger partial charge in [-0.1, -0.05) is 37.3 Å². The molecule has 40 heavy (non-hydrogen) atoms. The van der Waals surface area contributed by atoms with Crippen molar-refractivity contribution in [3.63, 3.8) is 0 Å². The minimum Gasteiger partial charge on any atom is -0.480 e. The first kappa shape index (κ1) is 28.2. The highest BCUT2D eigenvalue weighted by atomic mass is 79.9. The van der Waals surface area contributed by atoms with Gasteiger partial charge in [-0.3, -0.25) is 19.8 Å². The lowest BCUT2D eigenvalue weighted by Crippen LogP contribution is -2.61. The van der Waals surface area contributed by atoms with Crippen LogP contribution < -0.4 is 5.32 Å². The summed E-state index contributed by atoms with van der Waals surface area (Å²) in [6.07, 6.45) is -0.252. The van der Waals surface area contributed by atoms with E-state index in [1.54, 1.807) is 18.7 Å². The van der Waals surface area contributed by atoms with Crippen LogP contribution in [0.3, 0.4) is 0 Å². The Balaban J connectivity index is 1.57. The number of benzene rings is 2. The van der Waals surface area contributed by atoms with Crippen molar-refractivity contribution in [1.82, 2.24) is 30.8 Å².